The monoisotopic (exact) mass is 220 g/mol. The van der Waals surface area contributed by atoms with E-state index in [0.717, 1.165) is 26.1 Å². The van der Waals surface area contributed by atoms with Crippen molar-refractivity contribution >= 4 is 5.91 Å². The summed E-state index contributed by atoms with van der Waals surface area (Å²) in [6, 6.07) is 0.451. The van der Waals surface area contributed by atoms with Crippen LogP contribution in [0.1, 0.15) is 19.8 Å². The molecule has 1 saturated carbocycles. The topological polar surface area (TPSA) is 32.3 Å². The maximum absolute atomic E-state index is 12.4. The van der Waals surface area contributed by atoms with Crippen molar-refractivity contribution in [1.82, 2.24) is 10.2 Å². The normalized spacial score (nSPS) is 41.7. The van der Waals surface area contributed by atoms with Crippen LogP contribution in [0.3, 0.4) is 0 Å². The SMILES string of the molecule is C[C@H]1CN(C(=O)C2CC3C=CC2C3)CCN1. The minimum Gasteiger partial charge on any atom is -0.340 e. The van der Waals surface area contributed by atoms with Gasteiger partial charge in [-0.3, -0.25) is 4.79 Å². The third-order valence-electron chi connectivity index (χ3n) is 4.28. The molecular formula is C13H20N2O. The lowest BCUT2D eigenvalue weighted by Gasteiger charge is -2.34. The summed E-state index contributed by atoms with van der Waals surface area (Å²) in [7, 11) is 0. The third kappa shape index (κ3) is 1.67. The standard InChI is InChI=1S/C13H20N2O/c1-9-8-15(5-4-14-9)13(16)12-7-10-2-3-11(12)6-10/h2-3,9-12,14H,4-8H2,1H3/t9-,10?,11?,12?/m0/s1. The molecule has 3 aliphatic rings. The highest BCUT2D eigenvalue weighted by Gasteiger charge is 2.41. The van der Waals surface area contributed by atoms with Gasteiger partial charge in [0, 0.05) is 31.6 Å². The Morgan fingerprint density at radius 2 is 2.25 bits per heavy atom. The van der Waals surface area contributed by atoms with Gasteiger partial charge < -0.3 is 10.2 Å². The molecule has 3 nitrogen and oxygen atoms in total. The maximum Gasteiger partial charge on any atom is 0.226 e. The summed E-state index contributed by atoms with van der Waals surface area (Å²) < 4.78 is 0. The number of carbonyl (C=O) groups excluding carboxylic acids is 1. The van der Waals surface area contributed by atoms with E-state index in [-0.39, 0.29) is 0 Å². The average Bonchev–Trinajstić information content (AvgIpc) is 2.89. The molecule has 1 N–H and O–H groups in total. The molecule has 1 amide bonds. The first kappa shape index (κ1) is 10.3. The molecule has 0 aromatic carbocycles. The lowest BCUT2D eigenvalue weighted by molar-refractivity contribution is -0.137. The second kappa shape index (κ2) is 3.88. The molecule has 0 aromatic rings. The fraction of sp³-hybridized carbons (Fsp3) is 0.769. The summed E-state index contributed by atoms with van der Waals surface area (Å²) in [5, 5.41) is 3.38. The van der Waals surface area contributed by atoms with Crippen molar-refractivity contribution in [2.24, 2.45) is 17.8 Å². The van der Waals surface area contributed by atoms with Gasteiger partial charge in [-0.2, -0.15) is 0 Å². The number of amides is 1. The quantitative estimate of drug-likeness (QED) is 0.669. The van der Waals surface area contributed by atoms with Crippen molar-refractivity contribution in [1.29, 1.82) is 0 Å². The number of allylic oxidation sites excluding steroid dienone is 2. The Morgan fingerprint density at radius 3 is 2.88 bits per heavy atom. The van der Waals surface area contributed by atoms with Crippen LogP contribution in [0.25, 0.3) is 0 Å². The fourth-order valence-electron chi connectivity index (χ4n) is 3.43. The highest BCUT2D eigenvalue weighted by molar-refractivity contribution is 5.80. The van der Waals surface area contributed by atoms with Crippen LogP contribution in [0.15, 0.2) is 12.2 Å². The first-order valence-corrected chi connectivity index (χ1v) is 6.44. The van der Waals surface area contributed by atoms with Gasteiger partial charge in [0.25, 0.3) is 0 Å². The second-order valence-electron chi connectivity index (χ2n) is 5.53. The Labute approximate surface area is 96.9 Å². The molecule has 1 aliphatic heterocycles. The van der Waals surface area contributed by atoms with Crippen LogP contribution in [0, 0.1) is 17.8 Å². The Hall–Kier alpha value is -0.830. The van der Waals surface area contributed by atoms with E-state index in [1.165, 1.54) is 6.42 Å². The van der Waals surface area contributed by atoms with Crippen LogP contribution >= 0.6 is 0 Å². The molecule has 2 fully saturated rings. The van der Waals surface area contributed by atoms with Gasteiger partial charge in [-0.15, -0.1) is 0 Å². The lowest BCUT2D eigenvalue weighted by atomic mass is 9.92. The minimum atomic E-state index is 0.292. The zero-order chi connectivity index (χ0) is 11.1. The van der Waals surface area contributed by atoms with Gasteiger partial charge >= 0.3 is 0 Å². The largest absolute Gasteiger partial charge is 0.340 e. The minimum absolute atomic E-state index is 0.292. The number of hydrogen-bond donors (Lipinski definition) is 1. The first-order valence-electron chi connectivity index (χ1n) is 6.44. The summed E-state index contributed by atoms with van der Waals surface area (Å²) in [6.07, 6.45) is 6.88. The van der Waals surface area contributed by atoms with Crippen molar-refractivity contribution in [3.05, 3.63) is 12.2 Å². The zero-order valence-corrected chi connectivity index (χ0v) is 9.86. The van der Waals surface area contributed by atoms with Crippen molar-refractivity contribution in [2.75, 3.05) is 19.6 Å². The van der Waals surface area contributed by atoms with E-state index >= 15 is 0 Å². The molecule has 3 heteroatoms. The van der Waals surface area contributed by atoms with E-state index in [2.05, 4.69) is 29.3 Å². The number of carbonyl (C=O) groups is 1. The van der Waals surface area contributed by atoms with Crippen LogP contribution in [0.4, 0.5) is 0 Å². The summed E-state index contributed by atoms with van der Waals surface area (Å²) in [5.74, 6) is 1.94. The Kier molecular flexibility index (Phi) is 2.51. The molecule has 2 aliphatic carbocycles. The van der Waals surface area contributed by atoms with Crippen molar-refractivity contribution in [3.63, 3.8) is 0 Å². The number of rotatable bonds is 1. The zero-order valence-electron chi connectivity index (χ0n) is 9.86. The second-order valence-corrected chi connectivity index (χ2v) is 5.53. The van der Waals surface area contributed by atoms with Crippen LogP contribution in [0.5, 0.6) is 0 Å². The molecule has 2 bridgehead atoms. The smallest absolute Gasteiger partial charge is 0.226 e. The van der Waals surface area contributed by atoms with E-state index < -0.39 is 0 Å². The fourth-order valence-corrected chi connectivity index (χ4v) is 3.43. The van der Waals surface area contributed by atoms with Gasteiger partial charge in [-0.05, 0) is 31.6 Å². The predicted octanol–water partition coefficient (Wildman–Crippen LogP) is 1.02. The molecule has 0 aromatic heterocycles. The van der Waals surface area contributed by atoms with E-state index in [9.17, 15) is 4.79 Å². The summed E-state index contributed by atoms with van der Waals surface area (Å²) in [6.45, 7) is 4.88. The molecule has 0 spiro atoms. The van der Waals surface area contributed by atoms with E-state index in [4.69, 9.17) is 0 Å². The van der Waals surface area contributed by atoms with Gasteiger partial charge in [0.1, 0.15) is 0 Å². The van der Waals surface area contributed by atoms with Gasteiger partial charge in [-0.1, -0.05) is 12.2 Å². The summed E-state index contributed by atoms with van der Waals surface area (Å²) >= 11 is 0. The number of fused-ring (bicyclic) bond motifs is 2. The molecule has 1 saturated heterocycles. The number of nitrogens with one attached hydrogen (secondary N) is 1. The third-order valence-corrected chi connectivity index (χ3v) is 4.28. The van der Waals surface area contributed by atoms with Gasteiger partial charge in [0.2, 0.25) is 5.91 Å². The summed E-state index contributed by atoms with van der Waals surface area (Å²) in [4.78, 5) is 14.5. The highest BCUT2D eigenvalue weighted by Crippen LogP contribution is 2.44. The molecule has 3 rings (SSSR count). The number of piperazine rings is 1. The van der Waals surface area contributed by atoms with E-state index in [1.807, 2.05) is 0 Å². The van der Waals surface area contributed by atoms with Crippen molar-refractivity contribution in [2.45, 2.75) is 25.8 Å². The average molecular weight is 220 g/mol. The van der Waals surface area contributed by atoms with Gasteiger partial charge in [0.15, 0.2) is 0 Å². The van der Waals surface area contributed by atoms with E-state index in [1.54, 1.807) is 0 Å². The predicted molar refractivity (Wildman–Crippen MR) is 62.9 cm³/mol. The van der Waals surface area contributed by atoms with Crippen LogP contribution in [-0.4, -0.2) is 36.5 Å². The van der Waals surface area contributed by atoms with Crippen LogP contribution < -0.4 is 5.32 Å². The molecular weight excluding hydrogens is 200 g/mol. The molecule has 88 valence electrons. The molecule has 1 heterocycles. The maximum atomic E-state index is 12.4. The highest BCUT2D eigenvalue weighted by atomic mass is 16.2. The van der Waals surface area contributed by atoms with E-state index in [0.29, 0.717) is 29.7 Å². The molecule has 0 radical (unpaired) electrons. The van der Waals surface area contributed by atoms with Crippen LogP contribution in [0.2, 0.25) is 0 Å². The molecule has 16 heavy (non-hydrogen) atoms. The Balaban J connectivity index is 1.66. The van der Waals surface area contributed by atoms with Crippen molar-refractivity contribution in [3.8, 4) is 0 Å². The van der Waals surface area contributed by atoms with Crippen LogP contribution in [-0.2, 0) is 4.79 Å². The summed E-state index contributed by atoms with van der Waals surface area (Å²) in [5.41, 5.74) is 0. The Morgan fingerprint density at radius 1 is 1.38 bits per heavy atom. The first-order chi connectivity index (χ1) is 7.74. The molecule has 3 unspecified atom stereocenters. The van der Waals surface area contributed by atoms with Gasteiger partial charge in [0.05, 0.1) is 0 Å². The number of nitrogens with zero attached hydrogens (tertiary/aromatic N) is 1. The Bertz CT molecular complexity index is 326. The van der Waals surface area contributed by atoms with Gasteiger partial charge in [-0.25, -0.2) is 0 Å². The lowest BCUT2D eigenvalue weighted by Crippen LogP contribution is -2.53. The van der Waals surface area contributed by atoms with Crippen molar-refractivity contribution < 1.29 is 4.79 Å². The number of hydrogen-bond acceptors (Lipinski definition) is 2. The molecule has 4 atom stereocenters.